The van der Waals surface area contributed by atoms with Gasteiger partial charge in [0, 0.05) is 31.0 Å². The lowest BCUT2D eigenvalue weighted by Gasteiger charge is -2.29. The van der Waals surface area contributed by atoms with Crippen LogP contribution in [0.5, 0.6) is 0 Å². The summed E-state index contributed by atoms with van der Waals surface area (Å²) in [6.45, 7) is 1.90. The molecule has 4 heterocycles. The molecule has 0 radical (unpaired) electrons. The summed E-state index contributed by atoms with van der Waals surface area (Å²) in [5.41, 5.74) is 2.29. The molecule has 5 rings (SSSR count). The fourth-order valence-electron chi connectivity index (χ4n) is 3.70. The third kappa shape index (κ3) is 3.89. The van der Waals surface area contributed by atoms with E-state index in [9.17, 15) is 13.2 Å². The van der Waals surface area contributed by atoms with Gasteiger partial charge in [0.15, 0.2) is 5.82 Å². The molecule has 6 nitrogen and oxygen atoms in total. The Morgan fingerprint density at radius 3 is 2.56 bits per heavy atom. The maximum Gasteiger partial charge on any atom is 0.416 e. The van der Waals surface area contributed by atoms with Gasteiger partial charge >= 0.3 is 6.18 Å². The van der Waals surface area contributed by atoms with E-state index in [1.807, 2.05) is 4.90 Å². The maximum absolute atomic E-state index is 13.5. The molecule has 0 spiro atoms. The van der Waals surface area contributed by atoms with Crippen LogP contribution in [0.2, 0.25) is 5.02 Å². The number of hydrogen-bond acceptors (Lipinski definition) is 5. The van der Waals surface area contributed by atoms with Gasteiger partial charge in [-0.1, -0.05) is 11.6 Å². The number of aromatic amines is 1. The summed E-state index contributed by atoms with van der Waals surface area (Å²) in [7, 11) is 0. The van der Waals surface area contributed by atoms with Crippen LogP contribution in [0.15, 0.2) is 48.8 Å². The van der Waals surface area contributed by atoms with Gasteiger partial charge in [-0.2, -0.15) is 13.2 Å². The van der Waals surface area contributed by atoms with Gasteiger partial charge in [0.2, 0.25) is 0 Å². The number of ether oxygens (including phenoxy) is 1. The zero-order chi connectivity index (χ0) is 22.3. The van der Waals surface area contributed by atoms with Gasteiger partial charge in [-0.15, -0.1) is 0 Å². The summed E-state index contributed by atoms with van der Waals surface area (Å²) in [4.78, 5) is 18.2. The standard InChI is InChI=1S/C22H17ClF3N5O/c23-15-2-1-5-27-19(15)13-3-4-16(28-12-13)21-29-17-10-14(22(24,25)26)11-18(20(17)30-21)31-6-8-32-9-7-31/h1-5,10-12H,6-9H2,(H,29,30). The number of rotatable bonds is 3. The molecule has 3 aromatic heterocycles. The number of nitrogens with one attached hydrogen (secondary N) is 1. The number of hydrogen-bond donors (Lipinski definition) is 1. The van der Waals surface area contributed by atoms with Crippen molar-refractivity contribution in [3.05, 3.63) is 59.4 Å². The van der Waals surface area contributed by atoms with Crippen LogP contribution in [-0.2, 0) is 10.9 Å². The number of imidazole rings is 1. The number of pyridine rings is 2. The first-order chi connectivity index (χ1) is 15.4. The number of halogens is 4. The molecule has 10 heteroatoms. The second-order valence-corrected chi connectivity index (χ2v) is 7.75. The Morgan fingerprint density at radius 1 is 1.06 bits per heavy atom. The number of morpholine rings is 1. The highest BCUT2D eigenvalue weighted by Crippen LogP contribution is 2.37. The first-order valence-electron chi connectivity index (χ1n) is 9.91. The van der Waals surface area contributed by atoms with Crippen LogP contribution in [0.1, 0.15) is 5.56 Å². The van der Waals surface area contributed by atoms with Crippen molar-refractivity contribution in [3.8, 4) is 22.8 Å². The Hall–Kier alpha value is -3.17. The van der Waals surface area contributed by atoms with Crippen LogP contribution in [-0.4, -0.2) is 46.2 Å². The molecule has 1 aliphatic heterocycles. The molecular weight excluding hydrogens is 443 g/mol. The van der Waals surface area contributed by atoms with Crippen molar-refractivity contribution in [2.24, 2.45) is 0 Å². The maximum atomic E-state index is 13.5. The summed E-state index contributed by atoms with van der Waals surface area (Å²) in [5.74, 6) is 0.382. The van der Waals surface area contributed by atoms with Crippen molar-refractivity contribution in [2.75, 3.05) is 31.2 Å². The Morgan fingerprint density at radius 2 is 1.88 bits per heavy atom. The zero-order valence-corrected chi connectivity index (χ0v) is 17.4. The van der Waals surface area contributed by atoms with E-state index >= 15 is 0 Å². The summed E-state index contributed by atoms with van der Waals surface area (Å²) in [5, 5.41) is 0.501. The van der Waals surface area contributed by atoms with Gasteiger partial charge in [-0.3, -0.25) is 9.97 Å². The van der Waals surface area contributed by atoms with E-state index in [0.717, 1.165) is 17.7 Å². The van der Waals surface area contributed by atoms with E-state index in [1.165, 1.54) is 0 Å². The minimum Gasteiger partial charge on any atom is -0.378 e. The third-order valence-electron chi connectivity index (χ3n) is 5.28. The highest BCUT2D eigenvalue weighted by molar-refractivity contribution is 6.33. The number of alkyl halides is 3. The van der Waals surface area contributed by atoms with E-state index in [-0.39, 0.29) is 0 Å². The molecule has 164 valence electrons. The van der Waals surface area contributed by atoms with Crippen LogP contribution in [0.25, 0.3) is 33.8 Å². The van der Waals surface area contributed by atoms with E-state index in [0.29, 0.717) is 65.3 Å². The average molecular weight is 460 g/mol. The molecule has 1 saturated heterocycles. The highest BCUT2D eigenvalue weighted by Gasteiger charge is 2.33. The molecule has 0 saturated carbocycles. The van der Waals surface area contributed by atoms with Crippen LogP contribution in [0.3, 0.4) is 0 Å². The van der Waals surface area contributed by atoms with Crippen LogP contribution in [0.4, 0.5) is 18.9 Å². The second-order valence-electron chi connectivity index (χ2n) is 7.34. The van der Waals surface area contributed by atoms with Gasteiger partial charge < -0.3 is 14.6 Å². The fourth-order valence-corrected chi connectivity index (χ4v) is 3.93. The SMILES string of the molecule is FC(F)(F)c1cc(N2CCOCC2)c2nc(-c3ccc(-c4ncccc4Cl)cn3)[nH]c2c1. The molecule has 32 heavy (non-hydrogen) atoms. The molecule has 1 aromatic carbocycles. The quantitative estimate of drug-likeness (QED) is 0.456. The van der Waals surface area contributed by atoms with Gasteiger partial charge in [0.25, 0.3) is 0 Å². The first-order valence-corrected chi connectivity index (χ1v) is 10.3. The molecular formula is C22H17ClF3N5O. The molecule has 0 bridgehead atoms. The molecule has 0 aliphatic carbocycles. The van der Waals surface area contributed by atoms with Crippen molar-refractivity contribution in [1.82, 2.24) is 19.9 Å². The van der Waals surface area contributed by atoms with Crippen LogP contribution in [0, 0.1) is 0 Å². The minimum absolute atomic E-state index is 0.301. The topological polar surface area (TPSA) is 66.9 Å². The highest BCUT2D eigenvalue weighted by atomic mass is 35.5. The number of H-pyrrole nitrogens is 1. The fraction of sp³-hybridized carbons (Fsp3) is 0.227. The summed E-state index contributed by atoms with van der Waals surface area (Å²) >= 11 is 6.20. The lowest BCUT2D eigenvalue weighted by atomic mass is 10.1. The average Bonchev–Trinajstić information content (AvgIpc) is 3.23. The Bertz CT molecular complexity index is 1270. The lowest BCUT2D eigenvalue weighted by Crippen LogP contribution is -2.36. The number of anilines is 1. The molecule has 1 N–H and O–H groups in total. The van der Waals surface area contributed by atoms with Crippen molar-refractivity contribution in [3.63, 3.8) is 0 Å². The smallest absolute Gasteiger partial charge is 0.378 e. The minimum atomic E-state index is -4.47. The van der Waals surface area contributed by atoms with E-state index in [4.69, 9.17) is 16.3 Å². The molecule has 1 fully saturated rings. The predicted octanol–water partition coefficient (Wildman–Crippen LogP) is 5.20. The van der Waals surface area contributed by atoms with E-state index < -0.39 is 11.7 Å². The van der Waals surface area contributed by atoms with E-state index in [2.05, 4.69) is 19.9 Å². The lowest BCUT2D eigenvalue weighted by molar-refractivity contribution is -0.137. The summed E-state index contributed by atoms with van der Waals surface area (Å²) in [6, 6.07) is 9.24. The number of nitrogens with zero attached hydrogens (tertiary/aromatic N) is 4. The molecule has 0 amide bonds. The summed E-state index contributed by atoms with van der Waals surface area (Å²) in [6.07, 6.45) is -1.22. The first kappa shape index (κ1) is 20.7. The van der Waals surface area contributed by atoms with Gasteiger partial charge in [0.1, 0.15) is 11.2 Å². The van der Waals surface area contributed by atoms with Crippen molar-refractivity contribution in [1.29, 1.82) is 0 Å². The summed E-state index contributed by atoms with van der Waals surface area (Å²) < 4.78 is 45.9. The normalized spacial score (nSPS) is 14.8. The molecule has 1 aliphatic rings. The van der Waals surface area contributed by atoms with Gasteiger partial charge in [0.05, 0.1) is 40.7 Å². The number of aromatic nitrogens is 4. The van der Waals surface area contributed by atoms with Gasteiger partial charge in [-0.05, 0) is 36.4 Å². The van der Waals surface area contributed by atoms with Crippen LogP contribution >= 0.6 is 11.6 Å². The monoisotopic (exact) mass is 459 g/mol. The molecule has 0 atom stereocenters. The molecule has 4 aromatic rings. The van der Waals surface area contributed by atoms with Crippen molar-refractivity contribution >= 4 is 28.3 Å². The number of fused-ring (bicyclic) bond motifs is 1. The Kier molecular flexibility index (Phi) is 5.22. The Labute approximate surface area is 186 Å². The third-order valence-corrected chi connectivity index (χ3v) is 5.59. The number of benzene rings is 1. The Balaban J connectivity index is 1.57. The van der Waals surface area contributed by atoms with E-state index in [1.54, 1.807) is 36.7 Å². The van der Waals surface area contributed by atoms with Gasteiger partial charge in [-0.25, -0.2) is 4.98 Å². The largest absolute Gasteiger partial charge is 0.416 e. The van der Waals surface area contributed by atoms with Crippen molar-refractivity contribution in [2.45, 2.75) is 6.18 Å². The molecule has 0 unspecified atom stereocenters. The second kappa shape index (κ2) is 8.07. The van der Waals surface area contributed by atoms with Crippen LogP contribution < -0.4 is 4.90 Å². The predicted molar refractivity (Wildman–Crippen MR) is 116 cm³/mol. The zero-order valence-electron chi connectivity index (χ0n) is 16.7. The van der Waals surface area contributed by atoms with Crippen molar-refractivity contribution < 1.29 is 17.9 Å².